The lowest BCUT2D eigenvalue weighted by Gasteiger charge is -2.19. The van der Waals surface area contributed by atoms with Gasteiger partial charge in [0.1, 0.15) is 0 Å². The van der Waals surface area contributed by atoms with Gasteiger partial charge in [-0.15, -0.1) is 0 Å². The highest BCUT2D eigenvalue weighted by Gasteiger charge is 2.17. The van der Waals surface area contributed by atoms with Gasteiger partial charge in [-0.05, 0) is 56.3 Å². The fourth-order valence-electron chi connectivity index (χ4n) is 3.24. The van der Waals surface area contributed by atoms with Crippen molar-refractivity contribution >= 4 is 18.5 Å². The summed E-state index contributed by atoms with van der Waals surface area (Å²) in [5.41, 5.74) is 0. The molecule has 1 saturated carbocycles. The molecular weight excluding hydrogens is 271 g/mol. The highest BCUT2D eigenvalue weighted by atomic mass is 31.1. The monoisotopic (exact) mass is 295 g/mol. The molecule has 0 bridgehead atoms. The molecule has 1 fully saturated rings. The molecule has 1 aliphatic carbocycles. The average molecular weight is 295 g/mol. The van der Waals surface area contributed by atoms with Crippen LogP contribution in [-0.2, 0) is 0 Å². The molecule has 0 nitrogen and oxygen atoms in total. The third-order valence-corrected chi connectivity index (χ3v) is 6.96. The molecule has 0 amide bonds. The first-order valence-electron chi connectivity index (χ1n) is 8.15. The predicted molar refractivity (Wildman–Crippen MR) is 94.9 cm³/mol. The maximum Gasteiger partial charge on any atom is -0.0195 e. The number of benzene rings is 2. The van der Waals surface area contributed by atoms with E-state index in [0.717, 1.165) is 0 Å². The maximum absolute atomic E-state index is 2.31. The van der Waals surface area contributed by atoms with Gasteiger partial charge in [0.15, 0.2) is 0 Å². The van der Waals surface area contributed by atoms with Crippen LogP contribution >= 0.6 is 7.92 Å². The zero-order valence-electron chi connectivity index (χ0n) is 12.7. The van der Waals surface area contributed by atoms with E-state index in [4.69, 9.17) is 0 Å². The summed E-state index contributed by atoms with van der Waals surface area (Å²) in [7, 11) is -0.184. The average Bonchev–Trinajstić information content (AvgIpc) is 3.07. The molecule has 2 aromatic rings. The third kappa shape index (κ3) is 4.17. The molecule has 3 rings (SSSR count). The molecule has 0 N–H and O–H groups in total. The normalized spacial score (nSPS) is 15.7. The minimum absolute atomic E-state index is 0.184. The second kappa shape index (κ2) is 7.76. The van der Waals surface area contributed by atoms with Crippen LogP contribution in [0.4, 0.5) is 0 Å². The van der Waals surface area contributed by atoms with Crippen molar-refractivity contribution in [2.75, 3.05) is 6.16 Å². The molecule has 0 aliphatic heterocycles. The van der Waals surface area contributed by atoms with E-state index in [2.05, 4.69) is 60.7 Å². The van der Waals surface area contributed by atoms with Gasteiger partial charge in [0, 0.05) is 0 Å². The molecule has 0 unspecified atom stereocenters. The minimum atomic E-state index is -0.184. The molecule has 0 spiro atoms. The largest absolute Gasteiger partial charge is 0.0622 e. The fraction of sp³-hybridized carbons (Fsp3) is 0.350. The Morgan fingerprint density at radius 2 is 1.24 bits per heavy atom. The zero-order valence-corrected chi connectivity index (χ0v) is 13.6. The molecule has 1 radical (unpaired) electrons. The van der Waals surface area contributed by atoms with Crippen LogP contribution in [-0.4, -0.2) is 6.16 Å². The van der Waals surface area contributed by atoms with Crippen LogP contribution in [0.1, 0.15) is 38.5 Å². The molecule has 0 heterocycles. The lowest BCUT2D eigenvalue weighted by atomic mass is 10.0. The van der Waals surface area contributed by atoms with Crippen LogP contribution < -0.4 is 10.6 Å². The summed E-state index contributed by atoms with van der Waals surface area (Å²) < 4.78 is 0. The van der Waals surface area contributed by atoms with Crippen LogP contribution in [0.5, 0.6) is 0 Å². The van der Waals surface area contributed by atoms with Crippen LogP contribution in [0.15, 0.2) is 60.7 Å². The Balaban J connectivity index is 1.67. The first kappa shape index (κ1) is 14.8. The quantitative estimate of drug-likeness (QED) is 0.654. The van der Waals surface area contributed by atoms with Crippen molar-refractivity contribution < 1.29 is 0 Å². The van der Waals surface area contributed by atoms with Crippen molar-refractivity contribution in [2.45, 2.75) is 38.5 Å². The lowest BCUT2D eigenvalue weighted by molar-refractivity contribution is 0.744. The van der Waals surface area contributed by atoms with E-state index in [1.54, 1.807) is 0 Å². The van der Waals surface area contributed by atoms with E-state index in [1.165, 1.54) is 55.3 Å². The smallest absolute Gasteiger partial charge is 0.0195 e. The summed E-state index contributed by atoms with van der Waals surface area (Å²) >= 11 is 0. The molecule has 2 aromatic carbocycles. The van der Waals surface area contributed by atoms with Gasteiger partial charge in [-0.1, -0.05) is 73.5 Å². The zero-order chi connectivity index (χ0) is 14.3. The van der Waals surface area contributed by atoms with E-state index >= 15 is 0 Å². The Labute approximate surface area is 130 Å². The van der Waals surface area contributed by atoms with Crippen molar-refractivity contribution in [3.8, 4) is 0 Å². The molecule has 0 atom stereocenters. The maximum atomic E-state index is 2.31. The number of hydrogen-bond acceptors (Lipinski definition) is 0. The second-order valence-corrected chi connectivity index (χ2v) is 8.22. The van der Waals surface area contributed by atoms with E-state index in [-0.39, 0.29) is 7.92 Å². The summed E-state index contributed by atoms with van der Waals surface area (Å²) in [6.07, 6.45) is 9.70. The lowest BCUT2D eigenvalue weighted by Crippen LogP contribution is -2.14. The first-order chi connectivity index (χ1) is 10.4. The highest BCUT2D eigenvalue weighted by Crippen LogP contribution is 2.37. The van der Waals surface area contributed by atoms with Gasteiger partial charge in [-0.3, -0.25) is 0 Å². The molecule has 1 heteroatoms. The number of rotatable bonds is 6. The molecule has 0 saturated heterocycles. The molecule has 21 heavy (non-hydrogen) atoms. The third-order valence-electron chi connectivity index (χ3n) is 4.36. The Kier molecular flexibility index (Phi) is 5.46. The van der Waals surface area contributed by atoms with E-state index in [1.807, 2.05) is 5.92 Å². The first-order valence-corrected chi connectivity index (χ1v) is 9.67. The van der Waals surface area contributed by atoms with Crippen molar-refractivity contribution in [1.82, 2.24) is 0 Å². The molecule has 109 valence electrons. The van der Waals surface area contributed by atoms with Gasteiger partial charge in [0.2, 0.25) is 0 Å². The fourth-order valence-corrected chi connectivity index (χ4v) is 5.59. The Hall–Kier alpha value is -1.13. The SMILES string of the molecule is c1ccc(P(CCC[C]2CCCC2)c2ccccc2)cc1. The second-order valence-electron chi connectivity index (χ2n) is 5.88. The molecule has 0 aromatic heterocycles. The Morgan fingerprint density at radius 1 is 0.714 bits per heavy atom. The van der Waals surface area contributed by atoms with Crippen molar-refractivity contribution in [2.24, 2.45) is 0 Å². The van der Waals surface area contributed by atoms with E-state index in [0.29, 0.717) is 0 Å². The van der Waals surface area contributed by atoms with Gasteiger partial charge in [0.25, 0.3) is 0 Å². The van der Waals surface area contributed by atoms with Crippen molar-refractivity contribution in [1.29, 1.82) is 0 Å². The minimum Gasteiger partial charge on any atom is -0.0622 e. The van der Waals surface area contributed by atoms with Gasteiger partial charge in [-0.2, -0.15) is 0 Å². The molecular formula is C20H24P. The van der Waals surface area contributed by atoms with Gasteiger partial charge >= 0.3 is 0 Å². The molecule has 1 aliphatic rings. The van der Waals surface area contributed by atoms with Crippen molar-refractivity contribution in [3.63, 3.8) is 0 Å². The number of hydrogen-bond donors (Lipinski definition) is 0. The van der Waals surface area contributed by atoms with Crippen LogP contribution in [0.25, 0.3) is 0 Å². The van der Waals surface area contributed by atoms with Gasteiger partial charge in [0.05, 0.1) is 0 Å². The van der Waals surface area contributed by atoms with Crippen LogP contribution in [0.3, 0.4) is 0 Å². The highest BCUT2D eigenvalue weighted by molar-refractivity contribution is 7.73. The van der Waals surface area contributed by atoms with Gasteiger partial charge < -0.3 is 0 Å². The summed E-state index contributed by atoms with van der Waals surface area (Å²) in [6, 6.07) is 22.2. The van der Waals surface area contributed by atoms with Crippen LogP contribution in [0, 0.1) is 5.92 Å². The topological polar surface area (TPSA) is 0 Å². The summed E-state index contributed by atoms with van der Waals surface area (Å²) in [4.78, 5) is 0. The summed E-state index contributed by atoms with van der Waals surface area (Å²) in [5.74, 6) is 1.83. The van der Waals surface area contributed by atoms with Crippen molar-refractivity contribution in [3.05, 3.63) is 66.6 Å². The predicted octanol–water partition coefficient (Wildman–Crippen LogP) is 5.05. The van der Waals surface area contributed by atoms with E-state index < -0.39 is 0 Å². The summed E-state index contributed by atoms with van der Waals surface area (Å²) in [6.45, 7) is 0. The summed E-state index contributed by atoms with van der Waals surface area (Å²) in [5, 5.41) is 3.05. The van der Waals surface area contributed by atoms with Crippen LogP contribution in [0.2, 0.25) is 0 Å². The Bertz CT molecular complexity index is 475. The van der Waals surface area contributed by atoms with Gasteiger partial charge in [-0.25, -0.2) is 0 Å². The Morgan fingerprint density at radius 3 is 1.76 bits per heavy atom. The van der Waals surface area contributed by atoms with E-state index in [9.17, 15) is 0 Å². The standard InChI is InChI=1S/C20H24P/c1-3-13-19(14-4-1)21(20-15-5-2-6-16-20)17-9-12-18-10-7-8-11-18/h1-6,13-16H,7-12,17H2.